The summed E-state index contributed by atoms with van der Waals surface area (Å²) in [5, 5.41) is 2.94. The summed E-state index contributed by atoms with van der Waals surface area (Å²) in [5.74, 6) is -0.158. The van der Waals surface area contributed by atoms with Crippen molar-refractivity contribution in [3.05, 3.63) is 58.7 Å². The van der Waals surface area contributed by atoms with Crippen molar-refractivity contribution in [2.24, 2.45) is 0 Å². The third-order valence-corrected chi connectivity index (χ3v) is 4.34. The summed E-state index contributed by atoms with van der Waals surface area (Å²) in [6.07, 6.45) is 0.250. The maximum Gasteiger partial charge on any atom is 0.226 e. The molecule has 2 amide bonds. The Morgan fingerprint density at radius 3 is 2.24 bits per heavy atom. The van der Waals surface area contributed by atoms with Gasteiger partial charge < -0.3 is 10.2 Å². The molecule has 0 aliphatic rings. The lowest BCUT2D eigenvalue weighted by atomic mass is 10.1. The minimum Gasteiger partial charge on any atom is -0.326 e. The molecule has 25 heavy (non-hydrogen) atoms. The molecule has 0 aliphatic carbocycles. The summed E-state index contributed by atoms with van der Waals surface area (Å²) in [4.78, 5) is 26.0. The second-order valence-corrected chi connectivity index (χ2v) is 6.56. The van der Waals surface area contributed by atoms with Crippen molar-refractivity contribution in [3.8, 4) is 0 Å². The first-order valence-corrected chi connectivity index (χ1v) is 8.50. The van der Waals surface area contributed by atoms with Crippen LogP contribution < -0.4 is 10.2 Å². The molecule has 0 unspecified atom stereocenters. The van der Waals surface area contributed by atoms with Crippen molar-refractivity contribution >= 4 is 23.2 Å². The van der Waals surface area contributed by atoms with E-state index in [2.05, 4.69) is 11.4 Å². The monoisotopic (exact) mass is 338 g/mol. The smallest absolute Gasteiger partial charge is 0.226 e. The van der Waals surface area contributed by atoms with Crippen LogP contribution in [0, 0.1) is 27.7 Å². The van der Waals surface area contributed by atoms with E-state index in [1.165, 1.54) is 6.92 Å². The van der Waals surface area contributed by atoms with Crippen LogP contribution in [0.15, 0.2) is 36.4 Å². The average Bonchev–Trinajstić information content (AvgIpc) is 2.51. The average molecular weight is 338 g/mol. The van der Waals surface area contributed by atoms with Crippen molar-refractivity contribution in [2.75, 3.05) is 16.8 Å². The van der Waals surface area contributed by atoms with Crippen LogP contribution in [0.1, 0.15) is 35.6 Å². The van der Waals surface area contributed by atoms with Crippen molar-refractivity contribution in [2.45, 2.75) is 41.0 Å². The SMILES string of the molecule is CC(=O)N(CCC(=O)Nc1cccc(C)c1C)c1cc(C)cc(C)c1. The second-order valence-electron chi connectivity index (χ2n) is 6.56. The van der Waals surface area contributed by atoms with Crippen LogP contribution in [0.5, 0.6) is 0 Å². The van der Waals surface area contributed by atoms with Crippen LogP contribution in [0.25, 0.3) is 0 Å². The fourth-order valence-corrected chi connectivity index (χ4v) is 2.89. The fraction of sp³-hybridized carbons (Fsp3) is 0.333. The van der Waals surface area contributed by atoms with Crippen molar-refractivity contribution in [1.29, 1.82) is 0 Å². The molecule has 4 heteroatoms. The number of anilines is 2. The number of nitrogens with zero attached hydrogens (tertiary/aromatic N) is 1. The van der Waals surface area contributed by atoms with Gasteiger partial charge in [0.1, 0.15) is 0 Å². The van der Waals surface area contributed by atoms with E-state index in [1.54, 1.807) is 4.90 Å². The zero-order chi connectivity index (χ0) is 18.6. The number of hydrogen-bond acceptors (Lipinski definition) is 2. The van der Waals surface area contributed by atoms with Crippen LogP contribution in [-0.4, -0.2) is 18.4 Å². The Balaban J connectivity index is 2.07. The zero-order valence-corrected chi connectivity index (χ0v) is 15.6. The van der Waals surface area contributed by atoms with E-state index < -0.39 is 0 Å². The van der Waals surface area contributed by atoms with Gasteiger partial charge in [0, 0.05) is 31.3 Å². The highest BCUT2D eigenvalue weighted by atomic mass is 16.2. The number of nitrogens with one attached hydrogen (secondary N) is 1. The van der Waals surface area contributed by atoms with Gasteiger partial charge in [0.15, 0.2) is 0 Å². The normalized spacial score (nSPS) is 10.4. The number of aryl methyl sites for hydroxylation is 3. The molecule has 132 valence electrons. The molecule has 2 aromatic carbocycles. The summed E-state index contributed by atoms with van der Waals surface area (Å²) in [7, 11) is 0. The highest BCUT2D eigenvalue weighted by molar-refractivity contribution is 5.95. The summed E-state index contributed by atoms with van der Waals surface area (Å²) in [5.41, 5.74) is 6.06. The Bertz CT molecular complexity index is 776. The molecule has 0 saturated carbocycles. The summed E-state index contributed by atoms with van der Waals surface area (Å²) < 4.78 is 0. The molecule has 2 aromatic rings. The Labute approximate surface area is 149 Å². The number of carbonyl (C=O) groups excluding carboxylic acids is 2. The van der Waals surface area contributed by atoms with Gasteiger partial charge in [0.05, 0.1) is 0 Å². The van der Waals surface area contributed by atoms with E-state index in [1.807, 2.05) is 58.0 Å². The largest absolute Gasteiger partial charge is 0.326 e. The van der Waals surface area contributed by atoms with E-state index in [0.29, 0.717) is 6.54 Å². The predicted molar refractivity (Wildman–Crippen MR) is 103 cm³/mol. The Morgan fingerprint density at radius 2 is 1.64 bits per heavy atom. The maximum atomic E-state index is 12.3. The van der Waals surface area contributed by atoms with Gasteiger partial charge in [-0.2, -0.15) is 0 Å². The van der Waals surface area contributed by atoms with Gasteiger partial charge in [-0.05, 0) is 68.1 Å². The predicted octanol–water partition coefficient (Wildman–Crippen LogP) is 4.30. The molecule has 0 radical (unpaired) electrons. The standard InChI is InChI=1S/C21H26N2O2/c1-14-11-15(2)13-19(12-14)23(18(5)24)10-9-21(25)22-20-8-6-7-16(3)17(20)4/h6-8,11-13H,9-10H2,1-5H3,(H,22,25). The second kappa shape index (κ2) is 7.97. The molecule has 0 aliphatic heterocycles. The molecule has 4 nitrogen and oxygen atoms in total. The molecule has 0 bridgehead atoms. The molecule has 0 heterocycles. The lowest BCUT2D eigenvalue weighted by molar-refractivity contribution is -0.117. The van der Waals surface area contributed by atoms with Gasteiger partial charge in [-0.3, -0.25) is 9.59 Å². The van der Waals surface area contributed by atoms with Crippen LogP contribution in [0.4, 0.5) is 11.4 Å². The first kappa shape index (κ1) is 18.7. The third kappa shape index (κ3) is 4.92. The van der Waals surface area contributed by atoms with E-state index in [-0.39, 0.29) is 18.2 Å². The van der Waals surface area contributed by atoms with E-state index in [4.69, 9.17) is 0 Å². The van der Waals surface area contributed by atoms with Gasteiger partial charge >= 0.3 is 0 Å². The molecule has 0 fully saturated rings. The van der Waals surface area contributed by atoms with Gasteiger partial charge in [-0.25, -0.2) is 0 Å². The van der Waals surface area contributed by atoms with E-state index in [0.717, 1.165) is 33.6 Å². The Morgan fingerprint density at radius 1 is 1.00 bits per heavy atom. The Kier molecular flexibility index (Phi) is 5.97. The number of hydrogen-bond donors (Lipinski definition) is 1. The van der Waals surface area contributed by atoms with Gasteiger partial charge in [-0.1, -0.05) is 18.2 Å². The molecule has 0 spiro atoms. The first-order chi connectivity index (χ1) is 11.8. The number of amides is 2. The highest BCUT2D eigenvalue weighted by Gasteiger charge is 2.15. The molecular formula is C21H26N2O2. The molecule has 0 aromatic heterocycles. The van der Waals surface area contributed by atoms with Crippen LogP contribution in [0.3, 0.4) is 0 Å². The molecule has 2 rings (SSSR count). The van der Waals surface area contributed by atoms with E-state index >= 15 is 0 Å². The molecule has 1 N–H and O–H groups in total. The summed E-state index contributed by atoms with van der Waals surface area (Å²) in [6.45, 7) is 9.89. The minimum absolute atomic E-state index is 0.0652. The van der Waals surface area contributed by atoms with Gasteiger partial charge in [0.2, 0.25) is 11.8 Å². The number of carbonyl (C=O) groups is 2. The maximum absolute atomic E-state index is 12.3. The Hall–Kier alpha value is -2.62. The number of rotatable bonds is 5. The number of benzene rings is 2. The summed E-state index contributed by atoms with van der Waals surface area (Å²) in [6, 6.07) is 11.8. The fourth-order valence-electron chi connectivity index (χ4n) is 2.89. The third-order valence-electron chi connectivity index (χ3n) is 4.34. The van der Waals surface area contributed by atoms with Gasteiger partial charge in [-0.15, -0.1) is 0 Å². The lowest BCUT2D eigenvalue weighted by Gasteiger charge is -2.22. The quantitative estimate of drug-likeness (QED) is 0.883. The van der Waals surface area contributed by atoms with Gasteiger partial charge in [0.25, 0.3) is 0 Å². The molecular weight excluding hydrogens is 312 g/mol. The van der Waals surface area contributed by atoms with Crippen LogP contribution in [-0.2, 0) is 9.59 Å². The zero-order valence-electron chi connectivity index (χ0n) is 15.6. The minimum atomic E-state index is -0.0932. The topological polar surface area (TPSA) is 49.4 Å². The first-order valence-electron chi connectivity index (χ1n) is 8.50. The molecule has 0 saturated heterocycles. The van der Waals surface area contributed by atoms with Crippen molar-refractivity contribution in [1.82, 2.24) is 0 Å². The van der Waals surface area contributed by atoms with Crippen molar-refractivity contribution in [3.63, 3.8) is 0 Å². The summed E-state index contributed by atoms with van der Waals surface area (Å²) >= 11 is 0. The van der Waals surface area contributed by atoms with E-state index in [9.17, 15) is 9.59 Å². The highest BCUT2D eigenvalue weighted by Crippen LogP contribution is 2.21. The van der Waals surface area contributed by atoms with Crippen molar-refractivity contribution < 1.29 is 9.59 Å². The van der Waals surface area contributed by atoms with Crippen LogP contribution >= 0.6 is 0 Å². The van der Waals surface area contributed by atoms with Crippen LogP contribution in [0.2, 0.25) is 0 Å². The lowest BCUT2D eigenvalue weighted by Crippen LogP contribution is -2.32. The molecule has 0 atom stereocenters.